The van der Waals surface area contributed by atoms with Gasteiger partial charge in [0.15, 0.2) is 5.16 Å². The van der Waals surface area contributed by atoms with Crippen LogP contribution in [0.5, 0.6) is 0 Å². The first-order valence-corrected chi connectivity index (χ1v) is 7.04. The van der Waals surface area contributed by atoms with E-state index in [1.165, 1.54) is 30.0 Å². The average Bonchev–Trinajstić information content (AvgIpc) is 2.38. The minimum atomic E-state index is -0.280. The zero-order chi connectivity index (χ0) is 14.7. The maximum atomic E-state index is 13.4. The van der Waals surface area contributed by atoms with Crippen LogP contribution in [-0.2, 0) is 0 Å². The Hall–Kier alpha value is -1.66. The molecule has 0 aliphatic heterocycles. The first-order valence-electron chi connectivity index (χ1n) is 6.22. The number of aryl methyl sites for hydroxylation is 1. The summed E-state index contributed by atoms with van der Waals surface area (Å²) < 4.78 is 13.4. The maximum absolute atomic E-state index is 13.4. The molecule has 0 aliphatic carbocycles. The molecule has 1 atom stereocenters. The number of rotatable bonds is 4. The van der Waals surface area contributed by atoms with E-state index in [4.69, 9.17) is 0 Å². The van der Waals surface area contributed by atoms with Gasteiger partial charge in [-0.1, -0.05) is 11.8 Å². The molecule has 0 fully saturated rings. The van der Waals surface area contributed by atoms with E-state index < -0.39 is 0 Å². The minimum absolute atomic E-state index is 0.00438. The Morgan fingerprint density at radius 1 is 1.40 bits per heavy atom. The smallest absolute Gasteiger partial charge is 0.251 e. The number of hydrogen-bond donors (Lipinski definition) is 2. The van der Waals surface area contributed by atoms with Crippen LogP contribution in [-0.4, -0.2) is 17.0 Å². The molecule has 0 bridgehead atoms. The van der Waals surface area contributed by atoms with Gasteiger partial charge in [-0.25, -0.2) is 9.37 Å². The number of nitrogens with one attached hydrogen (secondary N) is 2. The number of aromatic nitrogens is 2. The monoisotopic (exact) mass is 293 g/mol. The van der Waals surface area contributed by atoms with Gasteiger partial charge in [0.25, 0.3) is 5.56 Å². The van der Waals surface area contributed by atoms with Gasteiger partial charge in [0.1, 0.15) is 5.82 Å². The molecule has 0 radical (unpaired) electrons. The summed E-state index contributed by atoms with van der Waals surface area (Å²) in [6.45, 7) is 3.71. The van der Waals surface area contributed by atoms with Gasteiger partial charge in [0, 0.05) is 22.7 Å². The molecule has 1 aromatic carbocycles. The van der Waals surface area contributed by atoms with Crippen LogP contribution >= 0.6 is 11.8 Å². The number of nitrogens with zero attached hydrogens (tertiary/aromatic N) is 1. The predicted molar refractivity (Wildman–Crippen MR) is 77.6 cm³/mol. The van der Waals surface area contributed by atoms with E-state index in [1.54, 1.807) is 13.0 Å². The Morgan fingerprint density at radius 2 is 2.15 bits per heavy atom. The van der Waals surface area contributed by atoms with Crippen LogP contribution in [0.15, 0.2) is 39.1 Å². The van der Waals surface area contributed by atoms with E-state index in [1.807, 2.05) is 14.0 Å². The van der Waals surface area contributed by atoms with Crippen molar-refractivity contribution in [2.75, 3.05) is 7.05 Å². The summed E-state index contributed by atoms with van der Waals surface area (Å²) in [5.41, 5.74) is 1.30. The predicted octanol–water partition coefficient (Wildman–Crippen LogP) is 2.65. The highest BCUT2D eigenvalue weighted by Crippen LogP contribution is 2.31. The lowest BCUT2D eigenvalue weighted by molar-refractivity contribution is 0.601. The summed E-state index contributed by atoms with van der Waals surface area (Å²) in [7, 11) is 1.82. The molecule has 20 heavy (non-hydrogen) atoms. The quantitative estimate of drug-likeness (QED) is 0.851. The molecule has 6 heteroatoms. The van der Waals surface area contributed by atoms with Crippen LogP contribution in [0.2, 0.25) is 0 Å². The third-order valence-electron chi connectivity index (χ3n) is 2.93. The topological polar surface area (TPSA) is 57.8 Å². The molecule has 2 aromatic rings. The van der Waals surface area contributed by atoms with Gasteiger partial charge < -0.3 is 10.3 Å². The van der Waals surface area contributed by atoms with E-state index in [0.717, 1.165) is 10.5 Å². The van der Waals surface area contributed by atoms with Crippen molar-refractivity contribution in [3.05, 3.63) is 51.7 Å². The van der Waals surface area contributed by atoms with Crippen molar-refractivity contribution in [2.24, 2.45) is 0 Å². The van der Waals surface area contributed by atoms with Crippen LogP contribution in [0, 0.1) is 12.7 Å². The van der Waals surface area contributed by atoms with Crippen LogP contribution < -0.4 is 10.9 Å². The summed E-state index contributed by atoms with van der Waals surface area (Å²) in [5, 5.41) is 3.59. The summed E-state index contributed by atoms with van der Waals surface area (Å²) in [6, 6.07) is 6.04. The van der Waals surface area contributed by atoms with E-state index >= 15 is 0 Å². The highest BCUT2D eigenvalue weighted by Gasteiger charge is 2.12. The summed E-state index contributed by atoms with van der Waals surface area (Å²) >= 11 is 1.32. The third-order valence-corrected chi connectivity index (χ3v) is 3.90. The summed E-state index contributed by atoms with van der Waals surface area (Å²) in [6.07, 6.45) is 0. The Morgan fingerprint density at radius 3 is 2.80 bits per heavy atom. The van der Waals surface area contributed by atoms with Gasteiger partial charge >= 0.3 is 0 Å². The lowest BCUT2D eigenvalue weighted by atomic mass is 10.1. The molecule has 0 saturated carbocycles. The first kappa shape index (κ1) is 14.7. The fourth-order valence-electron chi connectivity index (χ4n) is 1.81. The zero-order valence-electron chi connectivity index (χ0n) is 11.5. The highest BCUT2D eigenvalue weighted by molar-refractivity contribution is 7.99. The van der Waals surface area contributed by atoms with Crippen molar-refractivity contribution in [3.63, 3.8) is 0 Å². The van der Waals surface area contributed by atoms with Crippen molar-refractivity contribution >= 4 is 11.8 Å². The lowest BCUT2D eigenvalue weighted by Crippen LogP contribution is -2.14. The Kier molecular flexibility index (Phi) is 4.57. The summed E-state index contributed by atoms with van der Waals surface area (Å²) in [5.74, 6) is -0.280. The molecule has 1 unspecified atom stereocenters. The largest absolute Gasteiger partial charge is 0.313 e. The number of benzene rings is 1. The van der Waals surface area contributed by atoms with Crippen molar-refractivity contribution < 1.29 is 4.39 Å². The van der Waals surface area contributed by atoms with E-state index in [0.29, 0.717) is 10.9 Å². The number of halogens is 1. The number of aromatic amines is 1. The first-order chi connectivity index (χ1) is 9.49. The van der Waals surface area contributed by atoms with E-state index in [-0.39, 0.29) is 17.4 Å². The van der Waals surface area contributed by atoms with Crippen molar-refractivity contribution in [2.45, 2.75) is 29.9 Å². The molecule has 4 nitrogen and oxygen atoms in total. The molecule has 1 aromatic heterocycles. The maximum Gasteiger partial charge on any atom is 0.251 e. The Bertz CT molecular complexity index is 672. The third kappa shape index (κ3) is 3.46. The molecule has 1 heterocycles. The van der Waals surface area contributed by atoms with Crippen LogP contribution in [0.25, 0.3) is 0 Å². The van der Waals surface area contributed by atoms with Gasteiger partial charge in [-0.05, 0) is 44.7 Å². The van der Waals surface area contributed by atoms with Gasteiger partial charge in [-0.15, -0.1) is 0 Å². The van der Waals surface area contributed by atoms with Crippen LogP contribution in [0.3, 0.4) is 0 Å². The van der Waals surface area contributed by atoms with E-state index in [2.05, 4.69) is 15.3 Å². The zero-order valence-corrected chi connectivity index (χ0v) is 12.3. The van der Waals surface area contributed by atoms with Gasteiger partial charge in [-0.2, -0.15) is 0 Å². The lowest BCUT2D eigenvalue weighted by Gasteiger charge is -2.15. The molecule has 2 N–H and O–H groups in total. The van der Waals surface area contributed by atoms with Gasteiger partial charge in [0.05, 0.1) is 0 Å². The minimum Gasteiger partial charge on any atom is -0.313 e. The molecule has 0 saturated heterocycles. The normalized spacial score (nSPS) is 12.4. The van der Waals surface area contributed by atoms with Gasteiger partial charge in [0.2, 0.25) is 0 Å². The van der Waals surface area contributed by atoms with Crippen molar-refractivity contribution in [1.82, 2.24) is 15.3 Å². The standard InChI is InChI=1S/C14H16FN3OS/c1-8-6-13(19)18-14(17-8)20-12-5-4-10(15)7-11(12)9(2)16-3/h4-7,9,16H,1-3H3,(H,17,18,19). The molecule has 0 spiro atoms. The van der Waals surface area contributed by atoms with Crippen molar-refractivity contribution in [3.8, 4) is 0 Å². The highest BCUT2D eigenvalue weighted by atomic mass is 32.2. The second-order valence-electron chi connectivity index (χ2n) is 4.49. The second-order valence-corrected chi connectivity index (χ2v) is 5.52. The number of hydrogen-bond acceptors (Lipinski definition) is 4. The Balaban J connectivity index is 2.40. The van der Waals surface area contributed by atoms with Crippen LogP contribution in [0.1, 0.15) is 24.2 Å². The SMILES string of the molecule is CNC(C)c1cc(F)ccc1Sc1nc(C)cc(=O)[nH]1. The fraction of sp³-hybridized carbons (Fsp3) is 0.286. The molecule has 106 valence electrons. The summed E-state index contributed by atoms with van der Waals surface area (Å²) in [4.78, 5) is 19.3. The van der Waals surface area contributed by atoms with Crippen LogP contribution in [0.4, 0.5) is 4.39 Å². The second kappa shape index (κ2) is 6.19. The number of H-pyrrole nitrogens is 1. The average molecular weight is 293 g/mol. The Labute approximate surface area is 120 Å². The molecule has 0 amide bonds. The molecule has 2 rings (SSSR count). The molecular weight excluding hydrogens is 277 g/mol. The fourth-order valence-corrected chi connectivity index (χ4v) is 2.85. The molecular formula is C14H16FN3OS. The van der Waals surface area contributed by atoms with Gasteiger partial charge in [-0.3, -0.25) is 4.79 Å². The molecule has 0 aliphatic rings. The van der Waals surface area contributed by atoms with Crippen molar-refractivity contribution in [1.29, 1.82) is 0 Å². The van der Waals surface area contributed by atoms with E-state index in [9.17, 15) is 9.18 Å².